The highest BCUT2D eigenvalue weighted by Crippen LogP contribution is 2.48. The molecule has 3 rings (SSSR count). The Balaban J connectivity index is 1.59. The lowest BCUT2D eigenvalue weighted by atomic mass is 9.26. The van der Waals surface area contributed by atoms with Crippen molar-refractivity contribution >= 4 is 6.71 Å². The summed E-state index contributed by atoms with van der Waals surface area (Å²) < 4.78 is 0. The van der Waals surface area contributed by atoms with Gasteiger partial charge in [-0.1, -0.05) is 74.5 Å². The van der Waals surface area contributed by atoms with Gasteiger partial charge < -0.3 is 0 Å². The maximum atomic E-state index is 2.67. The van der Waals surface area contributed by atoms with Crippen molar-refractivity contribution < 1.29 is 0 Å². The van der Waals surface area contributed by atoms with E-state index in [1.807, 2.05) is 0 Å². The van der Waals surface area contributed by atoms with E-state index in [1.165, 1.54) is 51.3 Å². The SMILES string of the molecule is C(CB1C2CCCC1CCC2)=C1CCCCC1. The van der Waals surface area contributed by atoms with Crippen LogP contribution in [0.4, 0.5) is 0 Å². The van der Waals surface area contributed by atoms with Gasteiger partial charge in [-0.3, -0.25) is 0 Å². The zero-order valence-corrected chi connectivity index (χ0v) is 11.3. The van der Waals surface area contributed by atoms with Crippen LogP contribution in [0.5, 0.6) is 0 Å². The van der Waals surface area contributed by atoms with Crippen LogP contribution < -0.4 is 0 Å². The van der Waals surface area contributed by atoms with E-state index in [9.17, 15) is 0 Å². The number of hydrogen-bond acceptors (Lipinski definition) is 0. The van der Waals surface area contributed by atoms with Crippen LogP contribution in [0, 0.1) is 0 Å². The van der Waals surface area contributed by atoms with Crippen LogP contribution in [0.3, 0.4) is 0 Å². The van der Waals surface area contributed by atoms with Crippen molar-refractivity contribution in [3.05, 3.63) is 11.6 Å². The first kappa shape index (κ1) is 11.9. The molecule has 3 fully saturated rings. The van der Waals surface area contributed by atoms with Crippen molar-refractivity contribution in [3.63, 3.8) is 0 Å². The molecule has 0 unspecified atom stereocenters. The van der Waals surface area contributed by atoms with Gasteiger partial charge in [0.05, 0.1) is 0 Å². The van der Waals surface area contributed by atoms with Crippen LogP contribution in [0.2, 0.25) is 18.0 Å². The second kappa shape index (κ2) is 5.63. The molecule has 2 heterocycles. The van der Waals surface area contributed by atoms with Crippen LogP contribution in [0.25, 0.3) is 0 Å². The maximum absolute atomic E-state index is 2.67. The normalized spacial score (nSPS) is 33.6. The van der Waals surface area contributed by atoms with Gasteiger partial charge in [-0.15, -0.1) is 0 Å². The predicted octanol–water partition coefficient (Wildman–Crippen LogP) is 5.48. The molecule has 1 heteroatoms. The molecule has 17 heavy (non-hydrogen) atoms. The first-order valence-electron chi connectivity index (χ1n) is 8.11. The van der Waals surface area contributed by atoms with Crippen LogP contribution in [0.1, 0.15) is 70.6 Å². The first-order chi connectivity index (χ1) is 8.43. The van der Waals surface area contributed by atoms with Gasteiger partial charge in [-0.25, -0.2) is 0 Å². The molecule has 2 aliphatic heterocycles. The number of fused-ring (bicyclic) bond motifs is 2. The summed E-state index contributed by atoms with van der Waals surface area (Å²) in [5.41, 5.74) is 1.81. The Bertz CT molecular complexity index is 251. The zero-order valence-electron chi connectivity index (χ0n) is 11.3. The second-order valence-electron chi connectivity index (χ2n) is 6.70. The fraction of sp³-hybridized carbons (Fsp3) is 0.875. The fourth-order valence-corrected chi connectivity index (χ4v) is 4.71. The van der Waals surface area contributed by atoms with Gasteiger partial charge in [-0.05, 0) is 25.7 Å². The molecule has 2 bridgehead atoms. The molecule has 0 atom stereocenters. The van der Waals surface area contributed by atoms with Gasteiger partial charge in [-0.2, -0.15) is 0 Å². The molecule has 0 aromatic heterocycles. The number of allylic oxidation sites excluding steroid dienone is 2. The lowest BCUT2D eigenvalue weighted by Crippen LogP contribution is -2.33. The lowest BCUT2D eigenvalue weighted by molar-refractivity contribution is 0.443. The van der Waals surface area contributed by atoms with E-state index in [-0.39, 0.29) is 0 Å². The van der Waals surface area contributed by atoms with Gasteiger partial charge in [0.1, 0.15) is 6.71 Å². The first-order valence-corrected chi connectivity index (χ1v) is 8.11. The molecule has 0 radical (unpaired) electrons. The van der Waals surface area contributed by atoms with Crippen LogP contribution in [-0.2, 0) is 0 Å². The Morgan fingerprint density at radius 3 is 2.00 bits per heavy atom. The third-order valence-electron chi connectivity index (χ3n) is 5.69. The molecule has 2 saturated heterocycles. The van der Waals surface area contributed by atoms with Crippen molar-refractivity contribution in [2.75, 3.05) is 0 Å². The van der Waals surface area contributed by atoms with E-state index in [0.717, 1.165) is 18.3 Å². The molecule has 1 aliphatic carbocycles. The summed E-state index contributed by atoms with van der Waals surface area (Å²) in [5, 5.41) is 0. The summed E-state index contributed by atoms with van der Waals surface area (Å²) >= 11 is 0. The van der Waals surface area contributed by atoms with Gasteiger partial charge in [0.25, 0.3) is 0 Å². The minimum Gasteiger partial charge on any atom is -0.0925 e. The van der Waals surface area contributed by atoms with Crippen LogP contribution in [0.15, 0.2) is 11.6 Å². The summed E-state index contributed by atoms with van der Waals surface area (Å²) in [5.74, 6) is 2.20. The highest BCUT2D eigenvalue weighted by atomic mass is 14.2. The van der Waals surface area contributed by atoms with Crippen molar-refractivity contribution in [1.82, 2.24) is 0 Å². The maximum Gasteiger partial charge on any atom is 0.150 e. The van der Waals surface area contributed by atoms with E-state index in [0.29, 0.717) is 0 Å². The molecular formula is C16H27B. The van der Waals surface area contributed by atoms with Crippen molar-refractivity contribution in [2.45, 2.75) is 88.6 Å². The standard InChI is InChI=1S/C16H27B/c1-2-6-14(7-3-1)12-13-17-15-8-4-9-16(17)11-5-10-15/h12,15-16H,1-11,13H2. The lowest BCUT2D eigenvalue weighted by Gasteiger charge is -2.40. The minimum absolute atomic E-state index is 1.08. The van der Waals surface area contributed by atoms with E-state index in [2.05, 4.69) is 6.08 Å². The molecule has 0 amide bonds. The molecule has 1 saturated carbocycles. The summed E-state index contributed by atoms with van der Waals surface area (Å²) in [4.78, 5) is 0. The Kier molecular flexibility index (Phi) is 3.93. The van der Waals surface area contributed by atoms with Crippen molar-refractivity contribution in [3.8, 4) is 0 Å². The predicted molar refractivity (Wildman–Crippen MR) is 76.9 cm³/mol. The topological polar surface area (TPSA) is 0 Å². The molecule has 0 aromatic carbocycles. The van der Waals surface area contributed by atoms with Gasteiger partial charge >= 0.3 is 0 Å². The molecule has 0 spiro atoms. The summed E-state index contributed by atoms with van der Waals surface area (Å²) in [6.07, 6.45) is 20.6. The molecule has 0 N–H and O–H groups in total. The molecule has 94 valence electrons. The highest BCUT2D eigenvalue weighted by Gasteiger charge is 2.37. The van der Waals surface area contributed by atoms with E-state index in [4.69, 9.17) is 0 Å². The molecule has 0 nitrogen and oxygen atoms in total. The summed E-state index contributed by atoms with van der Waals surface area (Å²) in [6.45, 7) is 1.08. The average Bonchev–Trinajstić information content (AvgIpc) is 2.37. The van der Waals surface area contributed by atoms with E-state index >= 15 is 0 Å². The second-order valence-corrected chi connectivity index (χ2v) is 6.70. The Hall–Kier alpha value is -0.195. The molecule has 3 aliphatic rings. The van der Waals surface area contributed by atoms with Gasteiger partial charge in [0.15, 0.2) is 0 Å². The quantitative estimate of drug-likeness (QED) is 0.435. The average molecular weight is 230 g/mol. The minimum atomic E-state index is 1.08. The van der Waals surface area contributed by atoms with Crippen molar-refractivity contribution in [1.29, 1.82) is 0 Å². The summed E-state index contributed by atoms with van der Waals surface area (Å²) in [6, 6.07) is 0. The van der Waals surface area contributed by atoms with Gasteiger partial charge in [0.2, 0.25) is 0 Å². The zero-order chi connectivity index (χ0) is 11.5. The van der Waals surface area contributed by atoms with E-state index < -0.39 is 0 Å². The smallest absolute Gasteiger partial charge is 0.0925 e. The summed E-state index contributed by atoms with van der Waals surface area (Å²) in [7, 11) is 0. The van der Waals surface area contributed by atoms with Crippen molar-refractivity contribution in [2.24, 2.45) is 0 Å². The largest absolute Gasteiger partial charge is 0.150 e. The third kappa shape index (κ3) is 2.80. The van der Waals surface area contributed by atoms with E-state index in [1.54, 1.807) is 31.3 Å². The third-order valence-corrected chi connectivity index (χ3v) is 5.69. The fourth-order valence-electron chi connectivity index (χ4n) is 4.71. The van der Waals surface area contributed by atoms with Gasteiger partial charge in [0, 0.05) is 0 Å². The van der Waals surface area contributed by atoms with Crippen LogP contribution in [-0.4, -0.2) is 6.71 Å². The Morgan fingerprint density at radius 2 is 1.41 bits per heavy atom. The molecular weight excluding hydrogens is 203 g/mol. The Labute approximate surface area is 107 Å². The molecule has 0 aromatic rings. The Morgan fingerprint density at radius 1 is 0.824 bits per heavy atom. The monoisotopic (exact) mass is 230 g/mol. The number of rotatable bonds is 2. The number of hydrogen-bond donors (Lipinski definition) is 0. The highest BCUT2D eigenvalue weighted by molar-refractivity contribution is 6.63. The van der Waals surface area contributed by atoms with Crippen LogP contribution >= 0.6 is 0 Å².